The zero-order chi connectivity index (χ0) is 21.0. The van der Waals surface area contributed by atoms with Crippen LogP contribution < -0.4 is 5.32 Å². The predicted molar refractivity (Wildman–Crippen MR) is 112 cm³/mol. The monoisotopic (exact) mass is 414 g/mol. The molecule has 1 aliphatic heterocycles. The van der Waals surface area contributed by atoms with Gasteiger partial charge in [-0.15, -0.1) is 0 Å². The lowest BCUT2D eigenvalue weighted by Crippen LogP contribution is -2.48. The lowest BCUT2D eigenvalue weighted by Gasteiger charge is -2.26. The van der Waals surface area contributed by atoms with E-state index in [2.05, 4.69) is 11.4 Å². The fourth-order valence-corrected chi connectivity index (χ4v) is 4.25. The van der Waals surface area contributed by atoms with Gasteiger partial charge in [-0.05, 0) is 37.0 Å². The molecule has 1 atom stereocenters. The van der Waals surface area contributed by atoms with Crippen molar-refractivity contribution in [2.45, 2.75) is 32.4 Å². The SMILES string of the molecule is Cc1cccc(CCNC(=O)[C@H](CCS(C)(=O)=O)N2Cc3ccccc3C2=O)c1. The Hall–Kier alpha value is -2.67. The molecule has 7 heteroatoms. The molecule has 0 saturated heterocycles. The first kappa shape index (κ1) is 21.0. The Labute approximate surface area is 171 Å². The zero-order valence-corrected chi connectivity index (χ0v) is 17.5. The summed E-state index contributed by atoms with van der Waals surface area (Å²) in [5.74, 6) is -0.696. The smallest absolute Gasteiger partial charge is 0.255 e. The van der Waals surface area contributed by atoms with Gasteiger partial charge in [-0.1, -0.05) is 48.0 Å². The maximum Gasteiger partial charge on any atom is 0.255 e. The molecule has 2 aromatic carbocycles. The summed E-state index contributed by atoms with van der Waals surface area (Å²) in [6.45, 7) is 2.75. The van der Waals surface area contributed by atoms with E-state index in [9.17, 15) is 18.0 Å². The Kier molecular flexibility index (Phi) is 6.37. The van der Waals surface area contributed by atoms with Crippen LogP contribution in [0.4, 0.5) is 0 Å². The molecule has 0 bridgehead atoms. The van der Waals surface area contributed by atoms with Crippen molar-refractivity contribution >= 4 is 21.7 Å². The number of nitrogens with one attached hydrogen (secondary N) is 1. The van der Waals surface area contributed by atoms with Crippen LogP contribution in [-0.4, -0.2) is 49.7 Å². The quantitative estimate of drug-likeness (QED) is 0.717. The van der Waals surface area contributed by atoms with Crippen molar-refractivity contribution in [2.24, 2.45) is 0 Å². The molecule has 0 aliphatic carbocycles. The van der Waals surface area contributed by atoms with Crippen molar-refractivity contribution in [2.75, 3.05) is 18.6 Å². The Morgan fingerprint density at radius 1 is 1.17 bits per heavy atom. The normalized spacial score (nSPS) is 14.6. The summed E-state index contributed by atoms with van der Waals surface area (Å²) in [5.41, 5.74) is 3.70. The van der Waals surface area contributed by atoms with E-state index < -0.39 is 15.9 Å². The number of fused-ring (bicyclic) bond motifs is 1. The fraction of sp³-hybridized carbons (Fsp3) is 0.364. The zero-order valence-electron chi connectivity index (χ0n) is 16.7. The van der Waals surface area contributed by atoms with Crippen LogP contribution in [0.5, 0.6) is 0 Å². The highest BCUT2D eigenvalue weighted by molar-refractivity contribution is 7.90. The van der Waals surface area contributed by atoms with Gasteiger partial charge in [0.1, 0.15) is 15.9 Å². The van der Waals surface area contributed by atoms with Gasteiger partial charge in [-0.2, -0.15) is 0 Å². The second-order valence-electron chi connectivity index (χ2n) is 7.55. The first-order valence-corrected chi connectivity index (χ1v) is 11.7. The summed E-state index contributed by atoms with van der Waals surface area (Å²) in [6.07, 6.45) is 1.88. The minimum Gasteiger partial charge on any atom is -0.354 e. The van der Waals surface area contributed by atoms with Crippen molar-refractivity contribution in [3.8, 4) is 0 Å². The number of hydrogen-bond donors (Lipinski definition) is 1. The van der Waals surface area contributed by atoms with Crippen LogP contribution >= 0.6 is 0 Å². The van der Waals surface area contributed by atoms with Gasteiger partial charge < -0.3 is 10.2 Å². The molecule has 6 nitrogen and oxygen atoms in total. The third-order valence-electron chi connectivity index (χ3n) is 5.09. The lowest BCUT2D eigenvalue weighted by atomic mass is 10.1. The molecule has 2 aromatic rings. The van der Waals surface area contributed by atoms with Gasteiger partial charge in [0.15, 0.2) is 0 Å². The van der Waals surface area contributed by atoms with E-state index in [1.165, 1.54) is 4.90 Å². The topological polar surface area (TPSA) is 83.6 Å². The third-order valence-corrected chi connectivity index (χ3v) is 6.06. The fourth-order valence-electron chi connectivity index (χ4n) is 3.60. The van der Waals surface area contributed by atoms with Crippen LogP contribution in [0.1, 0.15) is 33.5 Å². The average molecular weight is 415 g/mol. The highest BCUT2D eigenvalue weighted by atomic mass is 32.2. The molecule has 2 amide bonds. The first-order chi connectivity index (χ1) is 13.7. The number of hydrogen-bond acceptors (Lipinski definition) is 4. The van der Waals surface area contributed by atoms with Gasteiger partial charge in [0.2, 0.25) is 5.91 Å². The number of amides is 2. The van der Waals surface area contributed by atoms with E-state index in [4.69, 9.17) is 0 Å². The summed E-state index contributed by atoms with van der Waals surface area (Å²) >= 11 is 0. The Bertz CT molecular complexity index is 1020. The van der Waals surface area contributed by atoms with Crippen molar-refractivity contribution in [3.05, 3.63) is 70.8 Å². The summed E-state index contributed by atoms with van der Waals surface area (Å²) in [5, 5.41) is 2.88. The van der Waals surface area contributed by atoms with Gasteiger partial charge in [-0.3, -0.25) is 9.59 Å². The average Bonchev–Trinajstić information content (AvgIpc) is 2.98. The second kappa shape index (κ2) is 8.78. The minimum absolute atomic E-state index is 0.0782. The van der Waals surface area contributed by atoms with Crippen LogP contribution in [0.15, 0.2) is 48.5 Å². The molecule has 1 heterocycles. The lowest BCUT2D eigenvalue weighted by molar-refractivity contribution is -0.125. The molecule has 1 aliphatic rings. The Morgan fingerprint density at radius 2 is 1.93 bits per heavy atom. The van der Waals surface area contributed by atoms with Gasteiger partial charge in [-0.25, -0.2) is 8.42 Å². The third kappa shape index (κ3) is 5.44. The molecule has 0 fully saturated rings. The first-order valence-electron chi connectivity index (χ1n) is 9.64. The second-order valence-corrected chi connectivity index (χ2v) is 9.81. The molecule has 154 valence electrons. The van der Waals surface area contributed by atoms with Crippen LogP contribution in [0.3, 0.4) is 0 Å². The van der Waals surface area contributed by atoms with E-state index in [1.807, 2.05) is 37.3 Å². The maximum atomic E-state index is 12.9. The number of sulfone groups is 1. The van der Waals surface area contributed by atoms with Gasteiger partial charge >= 0.3 is 0 Å². The van der Waals surface area contributed by atoms with Crippen LogP contribution in [0.25, 0.3) is 0 Å². The number of benzene rings is 2. The standard InChI is InChI=1S/C22H26N2O4S/c1-16-6-5-7-17(14-16)10-12-23-21(25)20(11-13-29(2,27)28)24-15-18-8-3-4-9-19(18)22(24)26/h3-9,14,20H,10-13,15H2,1-2H3,(H,23,25)/t20-/m0/s1. The highest BCUT2D eigenvalue weighted by Crippen LogP contribution is 2.25. The minimum atomic E-state index is -3.25. The molecule has 3 rings (SSSR count). The van der Waals surface area contributed by atoms with E-state index in [0.717, 1.165) is 22.9 Å². The summed E-state index contributed by atoms with van der Waals surface area (Å²) in [6, 6.07) is 14.5. The Balaban J connectivity index is 1.70. The predicted octanol–water partition coefficient (Wildman–Crippen LogP) is 2.11. The maximum absolute atomic E-state index is 12.9. The van der Waals surface area contributed by atoms with Crippen LogP contribution in [-0.2, 0) is 27.6 Å². The number of carbonyl (C=O) groups is 2. The Morgan fingerprint density at radius 3 is 2.62 bits per heavy atom. The molecule has 1 N–H and O–H groups in total. The number of carbonyl (C=O) groups excluding carboxylic acids is 2. The van der Waals surface area contributed by atoms with Gasteiger partial charge in [0, 0.05) is 24.9 Å². The van der Waals surface area contributed by atoms with E-state index in [-0.39, 0.29) is 24.0 Å². The van der Waals surface area contributed by atoms with Crippen molar-refractivity contribution in [1.82, 2.24) is 10.2 Å². The van der Waals surface area contributed by atoms with E-state index in [0.29, 0.717) is 25.1 Å². The molecule has 29 heavy (non-hydrogen) atoms. The summed E-state index contributed by atoms with van der Waals surface area (Å²) in [4.78, 5) is 27.2. The van der Waals surface area contributed by atoms with Crippen molar-refractivity contribution in [1.29, 1.82) is 0 Å². The molecule has 0 radical (unpaired) electrons. The molecule has 0 spiro atoms. The van der Waals surface area contributed by atoms with Crippen LogP contribution in [0.2, 0.25) is 0 Å². The summed E-state index contributed by atoms with van der Waals surface area (Å²) in [7, 11) is -3.25. The molecule has 0 aromatic heterocycles. The van der Waals surface area contributed by atoms with Crippen molar-refractivity contribution < 1.29 is 18.0 Å². The molecular formula is C22H26N2O4S. The number of nitrogens with zero attached hydrogens (tertiary/aromatic N) is 1. The molecule has 0 unspecified atom stereocenters. The summed E-state index contributed by atoms with van der Waals surface area (Å²) < 4.78 is 23.3. The van der Waals surface area contributed by atoms with E-state index >= 15 is 0 Å². The van der Waals surface area contributed by atoms with Gasteiger partial charge in [0.25, 0.3) is 5.91 Å². The largest absolute Gasteiger partial charge is 0.354 e. The van der Waals surface area contributed by atoms with Gasteiger partial charge in [0.05, 0.1) is 5.75 Å². The number of aryl methyl sites for hydroxylation is 1. The molecular weight excluding hydrogens is 388 g/mol. The van der Waals surface area contributed by atoms with E-state index in [1.54, 1.807) is 12.1 Å². The van der Waals surface area contributed by atoms with Crippen molar-refractivity contribution in [3.63, 3.8) is 0 Å². The number of rotatable bonds is 8. The van der Waals surface area contributed by atoms with Crippen LogP contribution in [0, 0.1) is 6.92 Å². The highest BCUT2D eigenvalue weighted by Gasteiger charge is 2.36. The molecule has 0 saturated carbocycles.